The van der Waals surface area contributed by atoms with Gasteiger partial charge in [-0.05, 0) is 12.1 Å². The van der Waals surface area contributed by atoms with E-state index in [0.29, 0.717) is 11.3 Å². The lowest BCUT2D eigenvalue weighted by molar-refractivity contribution is -0.138. The highest BCUT2D eigenvalue weighted by Crippen LogP contribution is 2.38. The Balaban J connectivity index is 2.17. The first kappa shape index (κ1) is 11.1. The van der Waals surface area contributed by atoms with Gasteiger partial charge < -0.3 is 15.3 Å². The molecule has 0 aromatic heterocycles. The Morgan fingerprint density at radius 1 is 1.44 bits per heavy atom. The van der Waals surface area contributed by atoms with Crippen LogP contribution in [0.2, 0.25) is 0 Å². The lowest BCUT2D eigenvalue weighted by Gasteiger charge is -2.12. The quantitative estimate of drug-likeness (QED) is 0.614. The van der Waals surface area contributed by atoms with Crippen molar-refractivity contribution < 1.29 is 20.1 Å². The van der Waals surface area contributed by atoms with Crippen molar-refractivity contribution in [3.63, 3.8) is 0 Å². The summed E-state index contributed by atoms with van der Waals surface area (Å²) in [5, 5.41) is 30.2. The number of carboxylic acids is 1. The summed E-state index contributed by atoms with van der Waals surface area (Å²) in [5.74, 6) is -0.483. The van der Waals surface area contributed by atoms with Crippen LogP contribution in [0.1, 0.15) is 10.9 Å². The van der Waals surface area contributed by atoms with Crippen LogP contribution in [0.3, 0.4) is 0 Å². The number of thioether (sulfide) groups is 1. The zero-order chi connectivity index (χ0) is 11.7. The minimum atomic E-state index is -0.895. The van der Waals surface area contributed by atoms with Crippen molar-refractivity contribution in [3.05, 3.63) is 23.8 Å². The number of carbonyl (C=O) groups is 1. The van der Waals surface area contributed by atoms with Gasteiger partial charge in [-0.25, -0.2) is 0 Å². The molecule has 0 amide bonds. The van der Waals surface area contributed by atoms with Crippen molar-refractivity contribution in [2.24, 2.45) is 0 Å². The Kier molecular flexibility index (Phi) is 2.93. The van der Waals surface area contributed by atoms with E-state index in [4.69, 9.17) is 10.2 Å². The van der Waals surface area contributed by atoms with Crippen molar-refractivity contribution in [3.8, 4) is 11.5 Å². The highest BCUT2D eigenvalue weighted by Gasteiger charge is 2.31. The van der Waals surface area contributed by atoms with Gasteiger partial charge in [0.2, 0.25) is 0 Å². The van der Waals surface area contributed by atoms with E-state index in [1.54, 1.807) is 6.07 Å². The largest absolute Gasteiger partial charge is 0.508 e. The Morgan fingerprint density at radius 2 is 2.19 bits per heavy atom. The van der Waals surface area contributed by atoms with E-state index < -0.39 is 12.0 Å². The van der Waals surface area contributed by atoms with E-state index in [-0.39, 0.29) is 16.9 Å². The topological polar surface area (TPSA) is 89.8 Å². The Bertz CT molecular complexity index is 423. The molecule has 1 aliphatic rings. The van der Waals surface area contributed by atoms with Crippen LogP contribution in [0.25, 0.3) is 0 Å². The fraction of sp³-hybridized carbons (Fsp3) is 0.300. The van der Waals surface area contributed by atoms with Gasteiger partial charge in [0.05, 0.1) is 5.37 Å². The fourth-order valence-corrected chi connectivity index (χ4v) is 2.81. The molecule has 16 heavy (non-hydrogen) atoms. The Labute approximate surface area is 96.1 Å². The number of nitrogens with one attached hydrogen (secondary N) is 1. The molecule has 1 aromatic rings. The van der Waals surface area contributed by atoms with E-state index in [9.17, 15) is 9.90 Å². The van der Waals surface area contributed by atoms with Gasteiger partial charge in [-0.1, -0.05) is 0 Å². The lowest BCUT2D eigenvalue weighted by atomic mass is 10.2. The van der Waals surface area contributed by atoms with E-state index in [0.717, 1.165) is 0 Å². The number of phenolic OH excluding ortho intramolecular Hbond substituents is 2. The molecule has 2 rings (SSSR count). The maximum absolute atomic E-state index is 10.7. The first-order valence-corrected chi connectivity index (χ1v) is 5.75. The average Bonchev–Trinajstić information content (AvgIpc) is 2.66. The van der Waals surface area contributed by atoms with Crippen LogP contribution >= 0.6 is 11.8 Å². The molecule has 1 heterocycles. The fourth-order valence-electron chi connectivity index (χ4n) is 1.55. The Hall–Kier alpha value is -1.40. The smallest absolute Gasteiger partial charge is 0.321 e. The highest BCUT2D eigenvalue weighted by molar-refractivity contribution is 7.99. The number of rotatable bonds is 2. The van der Waals surface area contributed by atoms with Crippen molar-refractivity contribution in [1.82, 2.24) is 5.32 Å². The Morgan fingerprint density at radius 3 is 2.75 bits per heavy atom. The molecule has 1 aliphatic heterocycles. The molecule has 2 atom stereocenters. The van der Waals surface area contributed by atoms with Crippen molar-refractivity contribution in [2.75, 3.05) is 5.75 Å². The van der Waals surface area contributed by atoms with Gasteiger partial charge in [0.15, 0.2) is 0 Å². The molecule has 1 fully saturated rings. The monoisotopic (exact) mass is 241 g/mol. The first-order chi connectivity index (χ1) is 7.58. The van der Waals surface area contributed by atoms with Crippen LogP contribution in [0.4, 0.5) is 0 Å². The van der Waals surface area contributed by atoms with Crippen LogP contribution in [-0.4, -0.2) is 33.1 Å². The molecule has 1 aromatic carbocycles. The number of aliphatic carboxylic acids is 1. The minimum absolute atomic E-state index is 0.0148. The second-order valence-corrected chi connectivity index (χ2v) is 4.65. The number of aromatic hydroxyl groups is 2. The summed E-state index contributed by atoms with van der Waals surface area (Å²) in [6, 6.07) is 3.69. The third-order valence-electron chi connectivity index (χ3n) is 2.38. The van der Waals surface area contributed by atoms with E-state index in [2.05, 4.69) is 5.32 Å². The number of hydrogen-bond acceptors (Lipinski definition) is 5. The second kappa shape index (κ2) is 4.23. The second-order valence-electron chi connectivity index (χ2n) is 3.51. The van der Waals surface area contributed by atoms with Crippen LogP contribution in [0, 0.1) is 0 Å². The summed E-state index contributed by atoms with van der Waals surface area (Å²) in [6.45, 7) is 0. The summed E-state index contributed by atoms with van der Waals surface area (Å²) in [6.07, 6.45) is 0. The van der Waals surface area contributed by atoms with Crippen molar-refractivity contribution in [1.29, 1.82) is 0 Å². The summed E-state index contributed by atoms with van der Waals surface area (Å²) in [5.41, 5.74) is 0.589. The number of carboxylic acid groups (broad SMARTS) is 1. The minimum Gasteiger partial charge on any atom is -0.508 e. The molecule has 0 saturated carbocycles. The molecule has 0 spiro atoms. The molecular weight excluding hydrogens is 230 g/mol. The number of hydrogen-bond donors (Lipinski definition) is 4. The maximum Gasteiger partial charge on any atom is 0.321 e. The highest BCUT2D eigenvalue weighted by atomic mass is 32.2. The van der Waals surface area contributed by atoms with Crippen LogP contribution in [0.5, 0.6) is 11.5 Å². The van der Waals surface area contributed by atoms with Gasteiger partial charge >= 0.3 is 5.97 Å². The zero-order valence-corrected chi connectivity index (χ0v) is 9.07. The van der Waals surface area contributed by atoms with Gasteiger partial charge in [-0.2, -0.15) is 0 Å². The molecule has 86 valence electrons. The number of benzene rings is 1. The summed E-state index contributed by atoms with van der Waals surface area (Å²) in [7, 11) is 0. The molecule has 6 heteroatoms. The van der Waals surface area contributed by atoms with Crippen LogP contribution in [-0.2, 0) is 4.79 Å². The van der Waals surface area contributed by atoms with E-state index in [1.807, 2.05) is 0 Å². The van der Waals surface area contributed by atoms with Crippen LogP contribution in [0.15, 0.2) is 18.2 Å². The van der Waals surface area contributed by atoms with Gasteiger partial charge in [0.1, 0.15) is 17.5 Å². The predicted octanol–water partition coefficient (Wildman–Crippen LogP) is 0.886. The van der Waals surface area contributed by atoms with Gasteiger partial charge in [0.25, 0.3) is 0 Å². The molecule has 0 unspecified atom stereocenters. The lowest BCUT2D eigenvalue weighted by Crippen LogP contribution is -2.33. The van der Waals surface area contributed by atoms with E-state index in [1.165, 1.54) is 23.9 Å². The predicted molar refractivity (Wildman–Crippen MR) is 59.5 cm³/mol. The number of phenols is 2. The van der Waals surface area contributed by atoms with Gasteiger partial charge in [0, 0.05) is 17.4 Å². The standard InChI is InChI=1S/C10H11NO4S/c12-5-1-2-6(8(13)3-5)9-11-7(4-16-9)10(14)15/h1-3,7,9,11-13H,4H2,(H,14,15)/t7-,9+/m0/s1. The van der Waals surface area contributed by atoms with Gasteiger partial charge in [-0.15, -0.1) is 11.8 Å². The molecule has 1 saturated heterocycles. The van der Waals surface area contributed by atoms with Gasteiger partial charge in [-0.3, -0.25) is 10.1 Å². The van der Waals surface area contributed by atoms with E-state index >= 15 is 0 Å². The zero-order valence-electron chi connectivity index (χ0n) is 8.25. The normalized spacial score (nSPS) is 24.5. The third-order valence-corrected chi connectivity index (χ3v) is 3.63. The molecule has 0 bridgehead atoms. The summed E-state index contributed by atoms with van der Waals surface area (Å²) < 4.78 is 0. The SMILES string of the molecule is O=C(O)[C@@H]1CS[C@H](c2ccc(O)cc2O)N1. The van der Waals surface area contributed by atoms with Crippen molar-refractivity contribution >= 4 is 17.7 Å². The average molecular weight is 241 g/mol. The van der Waals surface area contributed by atoms with Crippen molar-refractivity contribution in [2.45, 2.75) is 11.4 Å². The molecular formula is C10H11NO4S. The third kappa shape index (κ3) is 2.07. The molecule has 0 radical (unpaired) electrons. The summed E-state index contributed by atoms with van der Waals surface area (Å²) >= 11 is 1.42. The van der Waals surface area contributed by atoms with Crippen LogP contribution < -0.4 is 5.32 Å². The first-order valence-electron chi connectivity index (χ1n) is 4.70. The molecule has 0 aliphatic carbocycles. The molecule has 5 nitrogen and oxygen atoms in total. The maximum atomic E-state index is 10.7. The summed E-state index contributed by atoms with van der Waals surface area (Å²) in [4.78, 5) is 10.7. The molecule has 4 N–H and O–H groups in total.